The number of carbonyl (C=O) groups is 1. The second-order valence-electron chi connectivity index (χ2n) is 4.43. The van der Waals surface area contributed by atoms with Crippen molar-refractivity contribution in [1.82, 2.24) is 4.98 Å². The molecule has 0 unspecified atom stereocenters. The van der Waals surface area contributed by atoms with Crippen molar-refractivity contribution in [3.63, 3.8) is 0 Å². The van der Waals surface area contributed by atoms with Crippen LogP contribution >= 0.6 is 27.7 Å². The lowest BCUT2D eigenvalue weighted by molar-refractivity contribution is 0.102. The Kier molecular flexibility index (Phi) is 6.26. The fourth-order valence-electron chi connectivity index (χ4n) is 1.66. The highest BCUT2D eigenvalue weighted by molar-refractivity contribution is 9.10. The molecule has 110 valence electrons. The molecule has 0 aliphatic rings. The predicted octanol–water partition coefficient (Wildman–Crippen LogP) is 4.61. The van der Waals surface area contributed by atoms with Crippen LogP contribution in [-0.2, 0) is 0 Å². The van der Waals surface area contributed by atoms with Crippen LogP contribution in [0.25, 0.3) is 0 Å². The lowest BCUT2D eigenvalue weighted by Gasteiger charge is -2.06. The van der Waals surface area contributed by atoms with Gasteiger partial charge in [-0.15, -0.1) is 11.8 Å². The number of hydrogen-bond donors (Lipinski definition) is 0. The van der Waals surface area contributed by atoms with E-state index in [4.69, 9.17) is 4.74 Å². The summed E-state index contributed by atoms with van der Waals surface area (Å²) in [4.78, 5) is 17.3. The van der Waals surface area contributed by atoms with Gasteiger partial charge >= 0.3 is 0 Å². The maximum atomic E-state index is 12.2. The number of pyridine rings is 1. The lowest BCUT2D eigenvalue weighted by Crippen LogP contribution is -2.04. The third-order valence-electron chi connectivity index (χ3n) is 2.67. The largest absolute Gasteiger partial charge is 0.492 e. The molecule has 0 N–H and O–H groups in total. The first-order valence-corrected chi connectivity index (χ1v) is 8.46. The Morgan fingerprint density at radius 1 is 1.33 bits per heavy atom. The van der Waals surface area contributed by atoms with Crippen LogP contribution in [0.5, 0.6) is 5.75 Å². The predicted molar refractivity (Wildman–Crippen MR) is 89.2 cm³/mol. The molecule has 2 aromatic rings. The lowest BCUT2D eigenvalue weighted by atomic mass is 10.2. The minimum Gasteiger partial charge on any atom is -0.492 e. The van der Waals surface area contributed by atoms with Crippen molar-refractivity contribution in [2.45, 2.75) is 18.2 Å². The summed E-state index contributed by atoms with van der Waals surface area (Å²) in [5.74, 6) is 1.08. The van der Waals surface area contributed by atoms with Crippen LogP contribution < -0.4 is 4.74 Å². The first-order valence-electron chi connectivity index (χ1n) is 6.68. The van der Waals surface area contributed by atoms with E-state index < -0.39 is 0 Å². The van der Waals surface area contributed by atoms with Gasteiger partial charge in [-0.25, -0.2) is 0 Å². The van der Waals surface area contributed by atoms with E-state index in [9.17, 15) is 4.79 Å². The standard InChI is InChI=1S/C16H16BrNO2S/c1-2-6-20-14-7-12(9-18-10-14)16(19)11-21-15-5-3-4-13(17)8-15/h3-5,7-10H,2,6,11H2,1H3. The van der Waals surface area contributed by atoms with E-state index in [0.717, 1.165) is 15.8 Å². The van der Waals surface area contributed by atoms with Gasteiger partial charge in [-0.2, -0.15) is 0 Å². The van der Waals surface area contributed by atoms with Gasteiger partial charge in [0.1, 0.15) is 5.75 Å². The number of nitrogens with zero attached hydrogens (tertiary/aromatic N) is 1. The number of rotatable bonds is 7. The van der Waals surface area contributed by atoms with E-state index in [0.29, 0.717) is 23.7 Å². The molecule has 3 nitrogen and oxygen atoms in total. The molecule has 1 aromatic carbocycles. The summed E-state index contributed by atoms with van der Waals surface area (Å²) in [6, 6.07) is 9.66. The van der Waals surface area contributed by atoms with Gasteiger partial charge in [0.25, 0.3) is 0 Å². The van der Waals surface area contributed by atoms with Gasteiger partial charge in [-0.05, 0) is 30.7 Å². The molecule has 1 heterocycles. The highest BCUT2D eigenvalue weighted by Crippen LogP contribution is 2.23. The molecule has 0 spiro atoms. The average Bonchev–Trinajstić information content (AvgIpc) is 2.51. The summed E-state index contributed by atoms with van der Waals surface area (Å²) in [7, 11) is 0. The van der Waals surface area contributed by atoms with Gasteiger partial charge in [0.15, 0.2) is 5.78 Å². The molecule has 0 fully saturated rings. The number of carbonyl (C=O) groups excluding carboxylic acids is 1. The van der Waals surface area contributed by atoms with Crippen molar-refractivity contribution in [3.8, 4) is 5.75 Å². The zero-order chi connectivity index (χ0) is 15.1. The Morgan fingerprint density at radius 3 is 2.95 bits per heavy atom. The summed E-state index contributed by atoms with van der Waals surface area (Å²) >= 11 is 4.94. The summed E-state index contributed by atoms with van der Waals surface area (Å²) < 4.78 is 6.51. The molecule has 0 saturated carbocycles. The topological polar surface area (TPSA) is 39.2 Å². The molecule has 0 aliphatic heterocycles. The third-order valence-corrected chi connectivity index (χ3v) is 4.16. The molecule has 0 atom stereocenters. The van der Waals surface area contributed by atoms with Crippen molar-refractivity contribution in [3.05, 3.63) is 52.8 Å². The van der Waals surface area contributed by atoms with Gasteiger partial charge in [0, 0.05) is 21.1 Å². The zero-order valence-electron chi connectivity index (χ0n) is 11.7. The molecule has 0 saturated heterocycles. The number of ether oxygens (including phenoxy) is 1. The van der Waals surface area contributed by atoms with Crippen LogP contribution in [0.15, 0.2) is 52.1 Å². The monoisotopic (exact) mass is 365 g/mol. The quantitative estimate of drug-likeness (QED) is 0.530. The first kappa shape index (κ1) is 16.0. The molecule has 2 rings (SSSR count). The fraction of sp³-hybridized carbons (Fsp3) is 0.250. The van der Waals surface area contributed by atoms with E-state index in [1.54, 1.807) is 18.5 Å². The van der Waals surface area contributed by atoms with Crippen molar-refractivity contribution in [2.75, 3.05) is 12.4 Å². The molecule has 5 heteroatoms. The zero-order valence-corrected chi connectivity index (χ0v) is 14.1. The molecule has 1 aromatic heterocycles. The normalized spacial score (nSPS) is 10.4. The van der Waals surface area contributed by atoms with Crippen LogP contribution in [-0.4, -0.2) is 23.1 Å². The third kappa shape index (κ3) is 5.17. The number of aromatic nitrogens is 1. The van der Waals surface area contributed by atoms with Crippen molar-refractivity contribution < 1.29 is 9.53 Å². The molecular weight excluding hydrogens is 350 g/mol. The summed E-state index contributed by atoms with van der Waals surface area (Å²) in [5, 5.41) is 0. The summed E-state index contributed by atoms with van der Waals surface area (Å²) in [5.41, 5.74) is 0.589. The van der Waals surface area contributed by atoms with E-state index >= 15 is 0 Å². The molecule has 0 aliphatic carbocycles. The highest BCUT2D eigenvalue weighted by atomic mass is 79.9. The fourth-order valence-corrected chi connectivity index (χ4v) is 3.06. The smallest absolute Gasteiger partial charge is 0.174 e. The number of Topliss-reactive ketones (excluding diaryl/α,β-unsaturated/α-hetero) is 1. The Hall–Kier alpha value is -1.33. The Bertz CT molecular complexity index is 619. The van der Waals surface area contributed by atoms with Crippen LogP contribution in [0, 0.1) is 0 Å². The number of ketones is 1. The van der Waals surface area contributed by atoms with Gasteiger partial charge in [0.2, 0.25) is 0 Å². The Morgan fingerprint density at radius 2 is 2.19 bits per heavy atom. The molecule has 0 radical (unpaired) electrons. The molecule has 21 heavy (non-hydrogen) atoms. The number of benzene rings is 1. The van der Waals surface area contributed by atoms with Crippen LogP contribution in [0.2, 0.25) is 0 Å². The maximum absolute atomic E-state index is 12.2. The SMILES string of the molecule is CCCOc1cncc(C(=O)CSc2cccc(Br)c2)c1. The average molecular weight is 366 g/mol. The van der Waals surface area contributed by atoms with Gasteiger partial charge in [-0.3, -0.25) is 9.78 Å². The number of hydrogen-bond acceptors (Lipinski definition) is 4. The van der Waals surface area contributed by atoms with Crippen LogP contribution in [0.3, 0.4) is 0 Å². The maximum Gasteiger partial charge on any atom is 0.174 e. The molecular formula is C16H16BrNO2S. The second kappa shape index (κ2) is 8.20. The van der Waals surface area contributed by atoms with Crippen molar-refractivity contribution >= 4 is 33.5 Å². The number of thioether (sulfide) groups is 1. The van der Waals surface area contributed by atoms with Gasteiger partial charge in [-0.1, -0.05) is 28.9 Å². The molecule has 0 bridgehead atoms. The summed E-state index contributed by atoms with van der Waals surface area (Å²) in [6.45, 7) is 2.67. The summed E-state index contributed by atoms with van der Waals surface area (Å²) in [6.07, 6.45) is 4.15. The van der Waals surface area contributed by atoms with E-state index in [1.165, 1.54) is 11.8 Å². The van der Waals surface area contributed by atoms with E-state index in [1.807, 2.05) is 31.2 Å². The van der Waals surface area contributed by atoms with Crippen LogP contribution in [0.4, 0.5) is 0 Å². The first-order chi connectivity index (χ1) is 10.2. The second-order valence-corrected chi connectivity index (χ2v) is 6.39. The van der Waals surface area contributed by atoms with Crippen molar-refractivity contribution in [1.29, 1.82) is 0 Å². The van der Waals surface area contributed by atoms with E-state index in [-0.39, 0.29) is 5.78 Å². The minimum atomic E-state index is 0.0504. The Labute approximate surface area is 137 Å². The Balaban J connectivity index is 1.96. The van der Waals surface area contributed by atoms with Gasteiger partial charge < -0.3 is 4.74 Å². The minimum absolute atomic E-state index is 0.0504. The number of halogens is 1. The van der Waals surface area contributed by atoms with Gasteiger partial charge in [0.05, 0.1) is 18.6 Å². The highest BCUT2D eigenvalue weighted by Gasteiger charge is 2.09. The van der Waals surface area contributed by atoms with E-state index in [2.05, 4.69) is 20.9 Å². The van der Waals surface area contributed by atoms with Crippen molar-refractivity contribution in [2.24, 2.45) is 0 Å². The van der Waals surface area contributed by atoms with Crippen LogP contribution in [0.1, 0.15) is 23.7 Å². The molecule has 0 amide bonds.